The number of sulfonamides is 1. The summed E-state index contributed by atoms with van der Waals surface area (Å²) >= 11 is 0. The molecule has 0 saturated heterocycles. The van der Waals surface area contributed by atoms with E-state index in [0.717, 1.165) is 46.3 Å². The maximum atomic E-state index is 12.2. The van der Waals surface area contributed by atoms with Gasteiger partial charge >= 0.3 is 0 Å². The number of nitrogens with zero attached hydrogens (tertiary/aromatic N) is 3. The molecule has 1 N–H and O–H groups in total. The molecule has 0 amide bonds. The lowest BCUT2D eigenvalue weighted by Crippen LogP contribution is -2.31. The van der Waals surface area contributed by atoms with Gasteiger partial charge in [-0.05, 0) is 60.6 Å². The van der Waals surface area contributed by atoms with Crippen LogP contribution in [0, 0.1) is 0 Å². The number of rotatable bonds is 7. The summed E-state index contributed by atoms with van der Waals surface area (Å²) in [6, 6.07) is 15.0. The summed E-state index contributed by atoms with van der Waals surface area (Å²) in [4.78, 5) is 8.83. The molecule has 2 aromatic carbocycles. The summed E-state index contributed by atoms with van der Waals surface area (Å²) in [5.41, 5.74) is 4.06. The summed E-state index contributed by atoms with van der Waals surface area (Å²) in [6.45, 7) is 0.419. The van der Waals surface area contributed by atoms with Crippen molar-refractivity contribution in [1.82, 2.24) is 14.3 Å². The monoisotopic (exact) mass is 408 g/mol. The molecule has 3 aromatic rings. The molecule has 2 saturated carbocycles. The third-order valence-corrected chi connectivity index (χ3v) is 6.81. The van der Waals surface area contributed by atoms with Gasteiger partial charge in [0.05, 0.1) is 11.8 Å². The second kappa shape index (κ2) is 7.07. The lowest BCUT2D eigenvalue weighted by Gasteiger charge is -2.19. The van der Waals surface area contributed by atoms with Crippen molar-refractivity contribution in [3.05, 3.63) is 54.4 Å². The molecule has 6 nitrogen and oxygen atoms in total. The lowest BCUT2D eigenvalue weighted by molar-refractivity contribution is 0.402. The van der Waals surface area contributed by atoms with E-state index in [-0.39, 0.29) is 6.04 Å². The van der Waals surface area contributed by atoms with Crippen LogP contribution in [0.25, 0.3) is 22.0 Å². The van der Waals surface area contributed by atoms with Crippen molar-refractivity contribution in [3.63, 3.8) is 0 Å². The molecular formula is C22H24N4O2S. The highest BCUT2D eigenvalue weighted by Crippen LogP contribution is 2.33. The molecular weight excluding hydrogens is 384 g/mol. The first-order valence-electron chi connectivity index (χ1n) is 10.0. The molecule has 1 aromatic heterocycles. The van der Waals surface area contributed by atoms with E-state index in [0.29, 0.717) is 12.6 Å². The van der Waals surface area contributed by atoms with Crippen LogP contribution in [0.1, 0.15) is 31.2 Å². The highest BCUT2D eigenvalue weighted by atomic mass is 32.2. The number of hydrogen-bond donors (Lipinski definition) is 1. The Morgan fingerprint density at radius 3 is 2.55 bits per heavy atom. The van der Waals surface area contributed by atoms with E-state index in [2.05, 4.69) is 39.6 Å². The Morgan fingerprint density at radius 2 is 1.83 bits per heavy atom. The second-order valence-electron chi connectivity index (χ2n) is 8.11. The molecule has 7 heteroatoms. The van der Waals surface area contributed by atoms with Gasteiger partial charge in [0.2, 0.25) is 10.0 Å². The average molecular weight is 409 g/mol. The van der Waals surface area contributed by atoms with E-state index in [1.165, 1.54) is 19.1 Å². The predicted octanol–water partition coefficient (Wildman–Crippen LogP) is 3.80. The van der Waals surface area contributed by atoms with Crippen molar-refractivity contribution in [1.29, 1.82) is 0 Å². The van der Waals surface area contributed by atoms with Crippen LogP contribution in [-0.2, 0) is 16.6 Å². The molecule has 2 aliphatic rings. The van der Waals surface area contributed by atoms with Crippen molar-refractivity contribution in [3.8, 4) is 11.1 Å². The van der Waals surface area contributed by atoms with E-state index < -0.39 is 10.0 Å². The minimum atomic E-state index is -3.21. The van der Waals surface area contributed by atoms with Gasteiger partial charge in [0.1, 0.15) is 12.1 Å². The van der Waals surface area contributed by atoms with Crippen LogP contribution in [-0.4, -0.2) is 41.0 Å². The highest BCUT2D eigenvalue weighted by Gasteiger charge is 2.34. The van der Waals surface area contributed by atoms with Gasteiger partial charge in [-0.25, -0.2) is 18.4 Å². The van der Waals surface area contributed by atoms with Crippen LogP contribution in [0.4, 0.5) is 5.82 Å². The van der Waals surface area contributed by atoms with Gasteiger partial charge in [-0.15, -0.1) is 0 Å². The fourth-order valence-electron chi connectivity index (χ4n) is 3.68. The Kier molecular flexibility index (Phi) is 4.52. The van der Waals surface area contributed by atoms with Gasteiger partial charge in [-0.1, -0.05) is 24.3 Å². The smallest absolute Gasteiger partial charge is 0.211 e. The minimum Gasteiger partial charge on any atom is -0.367 e. The number of fused-ring (bicyclic) bond motifs is 1. The lowest BCUT2D eigenvalue weighted by atomic mass is 10.0. The van der Waals surface area contributed by atoms with Crippen molar-refractivity contribution in [2.75, 3.05) is 11.6 Å². The van der Waals surface area contributed by atoms with Gasteiger partial charge in [0.25, 0.3) is 0 Å². The third kappa shape index (κ3) is 4.11. The molecule has 2 aliphatic carbocycles. The summed E-state index contributed by atoms with van der Waals surface area (Å²) in [5.74, 6) is 0.882. The van der Waals surface area contributed by atoms with Gasteiger partial charge in [0, 0.05) is 24.0 Å². The van der Waals surface area contributed by atoms with Crippen molar-refractivity contribution in [2.24, 2.45) is 0 Å². The third-order valence-electron chi connectivity index (χ3n) is 5.53. The Bertz CT molecular complexity index is 1170. The van der Waals surface area contributed by atoms with E-state index >= 15 is 0 Å². The molecule has 0 unspecified atom stereocenters. The standard InChI is InChI=1S/C22H24N4O2S/c1-29(27,28)26(19-8-9-19)13-15-3-2-4-16(11-15)17-5-10-21-20(12-17)22(24-14-23-21)25-18-6-7-18/h2-5,10-12,14,18-19H,6-9,13H2,1H3,(H,23,24,25). The fourth-order valence-corrected chi connectivity index (χ4v) is 4.82. The zero-order valence-corrected chi connectivity index (χ0v) is 17.2. The van der Waals surface area contributed by atoms with E-state index in [1.807, 2.05) is 18.2 Å². The Balaban J connectivity index is 1.47. The number of hydrogen-bond acceptors (Lipinski definition) is 5. The fraction of sp³-hybridized carbons (Fsp3) is 0.364. The zero-order chi connectivity index (χ0) is 20.0. The largest absolute Gasteiger partial charge is 0.367 e. The van der Waals surface area contributed by atoms with Crippen LogP contribution in [0.3, 0.4) is 0 Å². The summed E-state index contributed by atoms with van der Waals surface area (Å²) in [5, 5.41) is 4.50. The van der Waals surface area contributed by atoms with Crippen molar-refractivity contribution >= 4 is 26.7 Å². The molecule has 2 fully saturated rings. The van der Waals surface area contributed by atoms with Crippen molar-refractivity contribution in [2.45, 2.75) is 44.3 Å². The molecule has 29 heavy (non-hydrogen) atoms. The summed E-state index contributed by atoms with van der Waals surface area (Å²) in [7, 11) is -3.21. The number of anilines is 1. The molecule has 0 spiro atoms. The summed E-state index contributed by atoms with van der Waals surface area (Å²) < 4.78 is 25.9. The molecule has 0 bridgehead atoms. The molecule has 1 heterocycles. The number of aromatic nitrogens is 2. The van der Waals surface area contributed by atoms with Crippen LogP contribution in [0.15, 0.2) is 48.8 Å². The number of benzene rings is 2. The van der Waals surface area contributed by atoms with Crippen molar-refractivity contribution < 1.29 is 8.42 Å². The Hall–Kier alpha value is -2.51. The van der Waals surface area contributed by atoms with Crippen LogP contribution >= 0.6 is 0 Å². The second-order valence-corrected chi connectivity index (χ2v) is 10.0. The van der Waals surface area contributed by atoms with Gasteiger partial charge in [0.15, 0.2) is 0 Å². The molecule has 0 aliphatic heterocycles. The number of nitrogens with one attached hydrogen (secondary N) is 1. The summed E-state index contributed by atoms with van der Waals surface area (Å²) in [6.07, 6.45) is 7.18. The molecule has 0 radical (unpaired) electrons. The Morgan fingerprint density at radius 1 is 1.03 bits per heavy atom. The first-order valence-corrected chi connectivity index (χ1v) is 11.9. The van der Waals surface area contributed by atoms with E-state index in [4.69, 9.17) is 0 Å². The van der Waals surface area contributed by atoms with E-state index in [1.54, 1.807) is 10.6 Å². The first kappa shape index (κ1) is 18.5. The molecule has 5 rings (SSSR count). The van der Waals surface area contributed by atoms with Crippen LogP contribution in [0.5, 0.6) is 0 Å². The van der Waals surface area contributed by atoms with E-state index in [9.17, 15) is 8.42 Å². The average Bonchev–Trinajstić information content (AvgIpc) is 3.60. The quantitative estimate of drug-likeness (QED) is 0.644. The topological polar surface area (TPSA) is 75.2 Å². The minimum absolute atomic E-state index is 0.155. The maximum Gasteiger partial charge on any atom is 0.211 e. The van der Waals surface area contributed by atoms with Gasteiger partial charge in [-0.2, -0.15) is 4.31 Å². The normalized spacial score (nSPS) is 17.0. The van der Waals surface area contributed by atoms with Gasteiger partial charge in [-0.3, -0.25) is 0 Å². The SMILES string of the molecule is CS(=O)(=O)N(Cc1cccc(-c2ccc3ncnc(NC4CC4)c3c2)c1)C1CC1. The van der Waals surface area contributed by atoms with Crippen LogP contribution in [0.2, 0.25) is 0 Å². The maximum absolute atomic E-state index is 12.2. The predicted molar refractivity (Wildman–Crippen MR) is 115 cm³/mol. The molecule has 0 atom stereocenters. The molecule has 150 valence electrons. The zero-order valence-electron chi connectivity index (χ0n) is 16.4. The Labute approximate surface area is 171 Å². The highest BCUT2D eigenvalue weighted by molar-refractivity contribution is 7.88. The first-order chi connectivity index (χ1) is 14.0. The van der Waals surface area contributed by atoms with Gasteiger partial charge < -0.3 is 5.32 Å². The van der Waals surface area contributed by atoms with Crippen LogP contribution < -0.4 is 5.32 Å².